The van der Waals surface area contributed by atoms with Crippen LogP contribution in [0, 0.1) is 11.6 Å². The van der Waals surface area contributed by atoms with E-state index in [1.165, 1.54) is 24.3 Å². The Bertz CT molecular complexity index is 560. The summed E-state index contributed by atoms with van der Waals surface area (Å²) in [6.07, 6.45) is 4.38. The van der Waals surface area contributed by atoms with E-state index in [4.69, 9.17) is 4.99 Å². The van der Waals surface area contributed by atoms with Crippen molar-refractivity contribution in [2.45, 2.75) is 19.8 Å². The smallest absolute Gasteiger partial charge is 0.194 e. The van der Waals surface area contributed by atoms with Crippen LogP contribution < -0.4 is 10.2 Å². The highest BCUT2D eigenvalue weighted by Gasteiger charge is 2.21. The first-order valence-electron chi connectivity index (χ1n) is 8.88. The number of rotatable bonds is 7. The van der Waals surface area contributed by atoms with Crippen molar-refractivity contribution >= 4 is 23.4 Å². The lowest BCUT2D eigenvalue weighted by Crippen LogP contribution is -2.52. The fraction of sp³-hybridized carbons (Fsp3) is 0.611. The molecule has 0 aromatic heterocycles. The predicted octanol–water partition coefficient (Wildman–Crippen LogP) is 3.20. The first-order chi connectivity index (χ1) is 12.2. The molecule has 0 atom stereocenters. The fourth-order valence-corrected chi connectivity index (χ4v) is 3.35. The van der Waals surface area contributed by atoms with Crippen molar-refractivity contribution in [3.8, 4) is 0 Å². The van der Waals surface area contributed by atoms with Gasteiger partial charge in [0.25, 0.3) is 0 Å². The molecule has 4 nitrogen and oxygen atoms in total. The quantitative estimate of drug-likeness (QED) is 0.454. The third kappa shape index (κ3) is 6.06. The van der Waals surface area contributed by atoms with Crippen LogP contribution in [0.15, 0.2) is 23.2 Å². The van der Waals surface area contributed by atoms with Gasteiger partial charge in [-0.15, -0.1) is 0 Å². The Kier molecular flexibility index (Phi) is 8.31. The fourth-order valence-electron chi connectivity index (χ4n) is 2.86. The van der Waals surface area contributed by atoms with Crippen LogP contribution in [0.3, 0.4) is 0 Å². The maximum absolute atomic E-state index is 13.9. The Morgan fingerprint density at radius 2 is 1.96 bits per heavy atom. The lowest BCUT2D eigenvalue weighted by molar-refractivity contribution is 0.370. The molecule has 7 heteroatoms. The van der Waals surface area contributed by atoms with Gasteiger partial charge in [0.15, 0.2) is 5.96 Å². The van der Waals surface area contributed by atoms with Crippen LogP contribution in [0.2, 0.25) is 0 Å². The minimum atomic E-state index is -0.404. The summed E-state index contributed by atoms with van der Waals surface area (Å²) < 4.78 is 27.3. The molecule has 1 N–H and O–H groups in total. The van der Waals surface area contributed by atoms with Gasteiger partial charge in [0.2, 0.25) is 0 Å². The molecule has 0 bridgehead atoms. The number of thioether (sulfide) groups is 1. The van der Waals surface area contributed by atoms with Crippen molar-refractivity contribution in [1.82, 2.24) is 10.2 Å². The number of guanidine groups is 1. The van der Waals surface area contributed by atoms with Gasteiger partial charge in [0.1, 0.15) is 11.6 Å². The van der Waals surface area contributed by atoms with Crippen LogP contribution in [0.1, 0.15) is 19.8 Å². The van der Waals surface area contributed by atoms with Crippen molar-refractivity contribution in [2.75, 3.05) is 56.2 Å². The third-order valence-corrected chi connectivity index (χ3v) is 4.88. The number of piperazine rings is 1. The summed E-state index contributed by atoms with van der Waals surface area (Å²) in [4.78, 5) is 8.81. The monoisotopic (exact) mass is 370 g/mol. The molecule has 1 aliphatic rings. The molecule has 1 aromatic rings. The number of benzene rings is 1. The van der Waals surface area contributed by atoms with E-state index in [0.717, 1.165) is 44.6 Å². The largest absolute Gasteiger partial charge is 0.366 e. The van der Waals surface area contributed by atoms with Crippen molar-refractivity contribution in [2.24, 2.45) is 4.99 Å². The second-order valence-corrected chi connectivity index (χ2v) is 6.99. The summed E-state index contributed by atoms with van der Waals surface area (Å²) in [7, 11) is 0. The van der Waals surface area contributed by atoms with E-state index in [1.54, 1.807) is 0 Å². The Morgan fingerprint density at radius 3 is 2.64 bits per heavy atom. The molecule has 0 saturated carbocycles. The number of anilines is 1. The van der Waals surface area contributed by atoms with Gasteiger partial charge < -0.3 is 15.1 Å². The van der Waals surface area contributed by atoms with Crippen LogP contribution in [0.5, 0.6) is 0 Å². The third-order valence-electron chi connectivity index (χ3n) is 4.18. The normalized spacial score (nSPS) is 15.6. The highest BCUT2D eigenvalue weighted by atomic mass is 32.2. The van der Waals surface area contributed by atoms with E-state index in [2.05, 4.69) is 23.4 Å². The number of unbranched alkanes of at least 4 members (excludes halogenated alkanes) is 1. The number of halogens is 2. The van der Waals surface area contributed by atoms with E-state index >= 15 is 0 Å². The highest BCUT2D eigenvalue weighted by Crippen LogP contribution is 2.21. The van der Waals surface area contributed by atoms with Gasteiger partial charge in [0.05, 0.1) is 5.69 Å². The van der Waals surface area contributed by atoms with Gasteiger partial charge in [-0.2, -0.15) is 11.8 Å². The summed E-state index contributed by atoms with van der Waals surface area (Å²) >= 11 is 1.86. The summed E-state index contributed by atoms with van der Waals surface area (Å²) in [5.74, 6) is 1.32. The molecule has 0 amide bonds. The molecule has 140 valence electrons. The minimum Gasteiger partial charge on any atom is -0.366 e. The van der Waals surface area contributed by atoms with Gasteiger partial charge in [0, 0.05) is 45.3 Å². The lowest BCUT2D eigenvalue weighted by atomic mass is 10.2. The summed E-state index contributed by atoms with van der Waals surface area (Å²) in [5.41, 5.74) is 0.346. The minimum absolute atomic E-state index is 0.346. The van der Waals surface area contributed by atoms with Crippen LogP contribution in [-0.2, 0) is 0 Å². The van der Waals surface area contributed by atoms with Crippen LogP contribution in [0.25, 0.3) is 0 Å². The van der Waals surface area contributed by atoms with Gasteiger partial charge >= 0.3 is 0 Å². The lowest BCUT2D eigenvalue weighted by Gasteiger charge is -2.37. The molecule has 2 rings (SSSR count). The molecule has 1 fully saturated rings. The standard InChI is InChI=1S/C18H28F2N4S/c1-3-21-18(22-8-4-5-13-25-2)24-11-9-23(10-12-24)17-14-15(19)6-7-16(17)20/h6-7,14H,3-5,8-13H2,1-2H3,(H,21,22). The maximum Gasteiger partial charge on any atom is 0.194 e. The summed E-state index contributed by atoms with van der Waals surface area (Å²) in [6.45, 7) is 6.49. The van der Waals surface area contributed by atoms with Crippen LogP contribution >= 0.6 is 11.8 Å². The van der Waals surface area contributed by atoms with Gasteiger partial charge in [-0.3, -0.25) is 4.99 Å². The first-order valence-corrected chi connectivity index (χ1v) is 10.3. The molecule has 1 saturated heterocycles. The number of aliphatic imine (C=N–C) groups is 1. The van der Waals surface area contributed by atoms with Gasteiger partial charge in [-0.05, 0) is 43.9 Å². The Balaban J connectivity index is 1.91. The van der Waals surface area contributed by atoms with Crippen LogP contribution in [-0.4, -0.2) is 62.1 Å². The van der Waals surface area contributed by atoms with Gasteiger partial charge in [-0.1, -0.05) is 0 Å². The Hall–Kier alpha value is -1.50. The Morgan fingerprint density at radius 1 is 1.20 bits per heavy atom. The molecule has 0 unspecified atom stereocenters. The molecule has 1 heterocycles. The van der Waals surface area contributed by atoms with E-state index in [1.807, 2.05) is 16.7 Å². The Labute approximate surface area is 153 Å². The van der Waals surface area contributed by atoms with E-state index in [0.29, 0.717) is 18.8 Å². The molecule has 1 aliphatic heterocycles. The zero-order valence-electron chi connectivity index (χ0n) is 15.1. The zero-order valence-corrected chi connectivity index (χ0v) is 15.9. The zero-order chi connectivity index (χ0) is 18.1. The van der Waals surface area contributed by atoms with Crippen molar-refractivity contribution in [3.63, 3.8) is 0 Å². The van der Waals surface area contributed by atoms with E-state index in [9.17, 15) is 8.78 Å². The second kappa shape index (κ2) is 10.5. The van der Waals surface area contributed by atoms with E-state index < -0.39 is 5.82 Å². The highest BCUT2D eigenvalue weighted by molar-refractivity contribution is 7.98. The van der Waals surface area contributed by atoms with Crippen molar-refractivity contribution in [3.05, 3.63) is 29.8 Å². The predicted molar refractivity (Wildman–Crippen MR) is 104 cm³/mol. The van der Waals surface area contributed by atoms with Crippen molar-refractivity contribution < 1.29 is 8.78 Å². The average Bonchev–Trinajstić information content (AvgIpc) is 2.63. The molecule has 0 spiro atoms. The molecule has 0 aliphatic carbocycles. The van der Waals surface area contributed by atoms with Gasteiger partial charge in [-0.25, -0.2) is 8.78 Å². The average molecular weight is 371 g/mol. The van der Waals surface area contributed by atoms with E-state index in [-0.39, 0.29) is 5.82 Å². The first kappa shape index (κ1) is 19.8. The second-order valence-electron chi connectivity index (χ2n) is 6.01. The number of nitrogens with zero attached hydrogens (tertiary/aromatic N) is 3. The molecule has 1 aromatic carbocycles. The molecular weight excluding hydrogens is 342 g/mol. The number of hydrogen-bond acceptors (Lipinski definition) is 3. The summed E-state index contributed by atoms with van der Waals surface area (Å²) in [6, 6.07) is 3.62. The molecule has 0 radical (unpaired) electrons. The number of hydrogen-bond donors (Lipinski definition) is 1. The molecule has 25 heavy (non-hydrogen) atoms. The SMILES string of the molecule is CCNC(=NCCCCSC)N1CCN(c2cc(F)ccc2F)CC1. The summed E-state index contributed by atoms with van der Waals surface area (Å²) in [5, 5.41) is 3.34. The van der Waals surface area contributed by atoms with Crippen LogP contribution in [0.4, 0.5) is 14.5 Å². The van der Waals surface area contributed by atoms with Crippen molar-refractivity contribution in [1.29, 1.82) is 0 Å². The maximum atomic E-state index is 13.9. The number of nitrogens with one attached hydrogen (secondary N) is 1. The molecular formula is C18H28F2N4S. The topological polar surface area (TPSA) is 30.9 Å².